The van der Waals surface area contributed by atoms with Gasteiger partial charge in [-0.1, -0.05) is 13.8 Å². The summed E-state index contributed by atoms with van der Waals surface area (Å²) in [5.74, 6) is 3.48. The topological polar surface area (TPSA) is 34.1 Å². The van der Waals surface area contributed by atoms with Crippen molar-refractivity contribution >= 4 is 16.6 Å². The highest BCUT2D eigenvalue weighted by atomic mass is 16.5. The van der Waals surface area contributed by atoms with Gasteiger partial charge in [-0.3, -0.25) is 0 Å². The van der Waals surface area contributed by atoms with E-state index >= 15 is 0 Å². The molecule has 112 valence electrons. The summed E-state index contributed by atoms with van der Waals surface area (Å²) in [5.41, 5.74) is 0. The molecular weight excluding hydrogens is 260 g/mol. The molecule has 21 heavy (non-hydrogen) atoms. The molecule has 0 saturated heterocycles. The molecule has 3 nitrogen and oxygen atoms in total. The Morgan fingerprint density at radius 2 is 1.86 bits per heavy atom. The normalized spacial score (nSPS) is 25.8. The Hall–Kier alpha value is -1.77. The van der Waals surface area contributed by atoms with Crippen LogP contribution in [0.25, 0.3) is 10.8 Å². The van der Waals surface area contributed by atoms with Gasteiger partial charge in [0.2, 0.25) is 0 Å². The predicted octanol–water partition coefficient (Wildman–Crippen LogP) is 4.48. The highest BCUT2D eigenvalue weighted by molar-refractivity contribution is 5.92. The van der Waals surface area contributed by atoms with Crippen LogP contribution in [0.1, 0.15) is 33.1 Å². The molecule has 2 aromatic rings. The van der Waals surface area contributed by atoms with E-state index in [9.17, 15) is 0 Å². The highest BCUT2D eigenvalue weighted by Gasteiger charge is 2.24. The smallest absolute Gasteiger partial charge is 0.134 e. The Kier molecular flexibility index (Phi) is 4.00. The lowest BCUT2D eigenvalue weighted by Crippen LogP contribution is -2.30. The van der Waals surface area contributed by atoms with E-state index in [4.69, 9.17) is 4.74 Å². The van der Waals surface area contributed by atoms with Gasteiger partial charge in [0.25, 0.3) is 0 Å². The van der Waals surface area contributed by atoms with Gasteiger partial charge in [0.1, 0.15) is 11.6 Å². The first-order chi connectivity index (χ1) is 10.2. The Labute approximate surface area is 126 Å². The van der Waals surface area contributed by atoms with Gasteiger partial charge in [-0.05, 0) is 60.7 Å². The zero-order chi connectivity index (χ0) is 14.8. The van der Waals surface area contributed by atoms with E-state index < -0.39 is 0 Å². The molecule has 1 aliphatic rings. The van der Waals surface area contributed by atoms with Gasteiger partial charge in [-0.15, -0.1) is 0 Å². The van der Waals surface area contributed by atoms with E-state index in [0.29, 0.717) is 6.04 Å². The number of pyridine rings is 1. The number of nitrogens with zero attached hydrogens (tertiary/aromatic N) is 1. The number of nitrogens with one attached hydrogen (secondary N) is 1. The van der Waals surface area contributed by atoms with Gasteiger partial charge in [0, 0.05) is 17.6 Å². The van der Waals surface area contributed by atoms with E-state index in [1.54, 1.807) is 7.11 Å². The third-order valence-corrected chi connectivity index (χ3v) is 4.49. The van der Waals surface area contributed by atoms with Gasteiger partial charge in [0.05, 0.1) is 7.11 Å². The number of fused-ring (bicyclic) bond motifs is 1. The first kappa shape index (κ1) is 14.2. The van der Waals surface area contributed by atoms with Crippen molar-refractivity contribution in [2.45, 2.75) is 39.2 Å². The number of aromatic nitrogens is 1. The van der Waals surface area contributed by atoms with Crippen LogP contribution in [0.15, 0.2) is 30.5 Å². The van der Waals surface area contributed by atoms with Crippen molar-refractivity contribution in [1.29, 1.82) is 0 Å². The monoisotopic (exact) mass is 284 g/mol. The van der Waals surface area contributed by atoms with Gasteiger partial charge in [-0.25, -0.2) is 4.98 Å². The van der Waals surface area contributed by atoms with E-state index in [-0.39, 0.29) is 0 Å². The number of hydrogen-bond acceptors (Lipinski definition) is 3. The second-order valence-electron chi connectivity index (χ2n) is 6.51. The summed E-state index contributed by atoms with van der Waals surface area (Å²) < 4.78 is 5.30. The van der Waals surface area contributed by atoms with Gasteiger partial charge < -0.3 is 10.1 Å². The van der Waals surface area contributed by atoms with Crippen molar-refractivity contribution in [1.82, 2.24) is 4.98 Å². The van der Waals surface area contributed by atoms with Crippen LogP contribution in [0.3, 0.4) is 0 Å². The lowest BCUT2D eigenvalue weighted by Gasteiger charge is -2.32. The van der Waals surface area contributed by atoms with Crippen molar-refractivity contribution < 1.29 is 4.74 Å². The van der Waals surface area contributed by atoms with E-state index in [1.807, 2.05) is 18.3 Å². The maximum atomic E-state index is 5.30. The lowest BCUT2D eigenvalue weighted by atomic mass is 9.80. The van der Waals surface area contributed by atoms with Crippen molar-refractivity contribution in [3.8, 4) is 5.75 Å². The summed E-state index contributed by atoms with van der Waals surface area (Å²) >= 11 is 0. The molecule has 1 saturated carbocycles. The summed E-state index contributed by atoms with van der Waals surface area (Å²) in [4.78, 5) is 4.55. The Balaban J connectivity index is 1.86. The summed E-state index contributed by atoms with van der Waals surface area (Å²) in [7, 11) is 1.70. The number of anilines is 1. The third kappa shape index (κ3) is 3.12. The Bertz CT molecular complexity index is 616. The zero-order valence-electron chi connectivity index (χ0n) is 13.1. The van der Waals surface area contributed by atoms with Gasteiger partial charge >= 0.3 is 0 Å². The Morgan fingerprint density at radius 1 is 1.10 bits per heavy atom. The van der Waals surface area contributed by atoms with Crippen LogP contribution in [-0.4, -0.2) is 18.1 Å². The molecule has 0 aliphatic heterocycles. The molecule has 1 fully saturated rings. The van der Waals surface area contributed by atoms with Gasteiger partial charge in [0.15, 0.2) is 0 Å². The fourth-order valence-electron chi connectivity index (χ4n) is 3.66. The number of ether oxygens (including phenoxy) is 1. The minimum absolute atomic E-state index is 0.531. The molecule has 0 radical (unpaired) electrons. The molecule has 3 heteroatoms. The molecular formula is C18H24N2O. The largest absolute Gasteiger partial charge is 0.497 e. The van der Waals surface area contributed by atoms with Crippen molar-refractivity contribution in [3.63, 3.8) is 0 Å². The van der Waals surface area contributed by atoms with Crippen LogP contribution >= 0.6 is 0 Å². The van der Waals surface area contributed by atoms with Crippen LogP contribution in [-0.2, 0) is 0 Å². The molecule has 1 aromatic carbocycles. The molecule has 0 spiro atoms. The molecule has 1 aromatic heterocycles. The van der Waals surface area contributed by atoms with E-state index in [1.165, 1.54) is 30.0 Å². The van der Waals surface area contributed by atoms with E-state index in [0.717, 1.165) is 23.4 Å². The van der Waals surface area contributed by atoms with Gasteiger partial charge in [-0.2, -0.15) is 0 Å². The maximum absolute atomic E-state index is 5.30. The maximum Gasteiger partial charge on any atom is 0.134 e. The molecule has 0 bridgehead atoms. The molecule has 3 rings (SSSR count). The second-order valence-corrected chi connectivity index (χ2v) is 6.51. The van der Waals surface area contributed by atoms with Crippen LogP contribution in [0.2, 0.25) is 0 Å². The van der Waals surface area contributed by atoms with Crippen LogP contribution in [0.5, 0.6) is 5.75 Å². The minimum Gasteiger partial charge on any atom is -0.497 e. The van der Waals surface area contributed by atoms with E-state index in [2.05, 4.69) is 36.3 Å². The molecule has 1 heterocycles. The molecule has 0 amide bonds. The number of rotatable bonds is 3. The first-order valence-corrected chi connectivity index (χ1v) is 7.85. The first-order valence-electron chi connectivity index (χ1n) is 7.85. The van der Waals surface area contributed by atoms with Crippen molar-refractivity contribution in [3.05, 3.63) is 30.5 Å². The molecule has 1 aliphatic carbocycles. The number of benzene rings is 1. The van der Waals surface area contributed by atoms with Crippen LogP contribution < -0.4 is 10.1 Å². The average Bonchev–Trinajstić information content (AvgIpc) is 2.46. The quantitative estimate of drug-likeness (QED) is 0.902. The average molecular weight is 284 g/mol. The third-order valence-electron chi connectivity index (χ3n) is 4.49. The summed E-state index contributed by atoms with van der Waals surface area (Å²) in [5, 5.41) is 6.01. The van der Waals surface area contributed by atoms with Crippen molar-refractivity contribution in [2.75, 3.05) is 12.4 Å². The standard InChI is InChI=1S/C18H24N2O/c1-12-8-13(2)10-15(9-12)20-18-17-5-4-16(21-3)11-14(17)6-7-19-18/h4-7,11-13,15H,8-10H2,1-3H3,(H,19,20). The molecule has 2 atom stereocenters. The highest BCUT2D eigenvalue weighted by Crippen LogP contribution is 2.32. The lowest BCUT2D eigenvalue weighted by molar-refractivity contribution is 0.280. The fourth-order valence-corrected chi connectivity index (χ4v) is 3.66. The molecule has 2 unspecified atom stereocenters. The van der Waals surface area contributed by atoms with Crippen LogP contribution in [0, 0.1) is 11.8 Å². The van der Waals surface area contributed by atoms with Crippen molar-refractivity contribution in [2.24, 2.45) is 11.8 Å². The zero-order valence-corrected chi connectivity index (χ0v) is 13.1. The number of methoxy groups -OCH3 is 1. The minimum atomic E-state index is 0.531. The second kappa shape index (κ2) is 5.92. The number of hydrogen-bond donors (Lipinski definition) is 1. The van der Waals surface area contributed by atoms with Crippen LogP contribution in [0.4, 0.5) is 5.82 Å². The summed E-state index contributed by atoms with van der Waals surface area (Å²) in [6, 6.07) is 8.73. The Morgan fingerprint density at radius 3 is 2.57 bits per heavy atom. The summed E-state index contributed by atoms with van der Waals surface area (Å²) in [6.07, 6.45) is 5.69. The molecule has 1 N–H and O–H groups in total. The predicted molar refractivity (Wildman–Crippen MR) is 87.9 cm³/mol. The summed E-state index contributed by atoms with van der Waals surface area (Å²) in [6.45, 7) is 4.71. The SMILES string of the molecule is COc1ccc2c(NC3CC(C)CC(C)C3)nccc2c1. The fraction of sp³-hybridized carbons (Fsp3) is 0.500.